The summed E-state index contributed by atoms with van der Waals surface area (Å²) in [5, 5.41) is 0. The highest BCUT2D eigenvalue weighted by Gasteiger charge is 2.35. The van der Waals surface area contributed by atoms with Crippen LogP contribution >= 0.6 is 0 Å². The summed E-state index contributed by atoms with van der Waals surface area (Å²) in [6.07, 6.45) is 0. The Kier molecular flexibility index (Phi) is 3.59. The quantitative estimate of drug-likeness (QED) is 0.735. The zero-order valence-electron chi connectivity index (χ0n) is 10.4. The highest BCUT2D eigenvalue weighted by atomic mass is 15.2. The van der Waals surface area contributed by atoms with E-state index >= 15 is 0 Å². The molecular weight excluding hydrogens is 172 g/mol. The van der Waals surface area contributed by atoms with Crippen LogP contribution in [-0.2, 0) is 0 Å². The van der Waals surface area contributed by atoms with Gasteiger partial charge in [-0.25, -0.2) is 0 Å². The van der Waals surface area contributed by atoms with E-state index in [1.807, 2.05) is 0 Å². The monoisotopic (exact) mass is 198 g/mol. The van der Waals surface area contributed by atoms with Crippen molar-refractivity contribution >= 4 is 0 Å². The lowest BCUT2D eigenvalue weighted by Crippen LogP contribution is -2.47. The molecule has 1 rings (SSSR count). The molecule has 0 saturated carbocycles. The van der Waals surface area contributed by atoms with Crippen LogP contribution < -0.4 is 5.73 Å². The van der Waals surface area contributed by atoms with Crippen LogP contribution in [0.2, 0.25) is 0 Å². The smallest absolute Gasteiger partial charge is 0.0267 e. The molecule has 0 spiro atoms. The molecular formula is C12H26N2. The number of hydrogen-bond donors (Lipinski definition) is 1. The number of nitrogens with two attached hydrogens (primary N) is 1. The van der Waals surface area contributed by atoms with E-state index in [1.165, 1.54) is 13.1 Å². The van der Waals surface area contributed by atoms with Crippen LogP contribution in [-0.4, -0.2) is 30.6 Å². The normalized spacial score (nSPS) is 32.1. The Morgan fingerprint density at radius 2 is 1.64 bits per heavy atom. The maximum atomic E-state index is 5.89. The van der Waals surface area contributed by atoms with Crippen LogP contribution in [0, 0.1) is 17.3 Å². The Labute approximate surface area is 88.8 Å². The standard InChI is InChI=1S/C12H26N2/c1-9-7-14(8-10(9)2)11(6-13)12(3,4)5/h9-11H,6-8,13H2,1-5H3. The molecule has 0 aromatic carbocycles. The second kappa shape index (κ2) is 4.19. The molecule has 2 N–H and O–H groups in total. The fraction of sp³-hybridized carbons (Fsp3) is 1.00. The molecule has 0 aromatic rings. The summed E-state index contributed by atoms with van der Waals surface area (Å²) < 4.78 is 0. The summed E-state index contributed by atoms with van der Waals surface area (Å²) in [5.74, 6) is 1.65. The Balaban J connectivity index is 2.64. The van der Waals surface area contributed by atoms with Crippen molar-refractivity contribution in [1.82, 2.24) is 4.90 Å². The van der Waals surface area contributed by atoms with Crippen molar-refractivity contribution < 1.29 is 0 Å². The Morgan fingerprint density at radius 3 is 1.93 bits per heavy atom. The molecule has 0 aromatic heterocycles. The molecule has 0 amide bonds. The summed E-state index contributed by atoms with van der Waals surface area (Å²) in [7, 11) is 0. The van der Waals surface area contributed by atoms with Crippen molar-refractivity contribution in [1.29, 1.82) is 0 Å². The van der Waals surface area contributed by atoms with E-state index in [1.54, 1.807) is 0 Å². The zero-order valence-corrected chi connectivity index (χ0v) is 10.4. The number of likely N-dealkylation sites (tertiary alicyclic amines) is 1. The minimum absolute atomic E-state index is 0.304. The van der Waals surface area contributed by atoms with Crippen LogP contribution in [0.3, 0.4) is 0 Å². The highest BCUT2D eigenvalue weighted by Crippen LogP contribution is 2.30. The van der Waals surface area contributed by atoms with Gasteiger partial charge >= 0.3 is 0 Å². The van der Waals surface area contributed by atoms with E-state index in [2.05, 4.69) is 39.5 Å². The van der Waals surface area contributed by atoms with E-state index in [0.717, 1.165) is 18.4 Å². The SMILES string of the molecule is CC1CN(C(CN)C(C)(C)C)CC1C. The molecule has 14 heavy (non-hydrogen) atoms. The molecule has 3 unspecified atom stereocenters. The van der Waals surface area contributed by atoms with Gasteiger partial charge in [-0.2, -0.15) is 0 Å². The summed E-state index contributed by atoms with van der Waals surface area (Å²) >= 11 is 0. The lowest BCUT2D eigenvalue weighted by molar-refractivity contribution is 0.125. The first-order valence-corrected chi connectivity index (χ1v) is 5.80. The third-order valence-corrected chi connectivity index (χ3v) is 3.68. The molecule has 2 nitrogen and oxygen atoms in total. The summed E-state index contributed by atoms with van der Waals surface area (Å²) in [5.41, 5.74) is 6.19. The Bertz CT molecular complexity index is 173. The van der Waals surface area contributed by atoms with Gasteiger partial charge in [0.05, 0.1) is 0 Å². The molecule has 1 aliphatic heterocycles. The minimum atomic E-state index is 0.304. The van der Waals surface area contributed by atoms with Crippen LogP contribution in [0.15, 0.2) is 0 Å². The molecule has 1 fully saturated rings. The van der Waals surface area contributed by atoms with Crippen molar-refractivity contribution in [3.63, 3.8) is 0 Å². The van der Waals surface area contributed by atoms with Crippen LogP contribution in [0.4, 0.5) is 0 Å². The number of rotatable bonds is 2. The van der Waals surface area contributed by atoms with Crippen molar-refractivity contribution in [2.45, 2.75) is 40.7 Å². The third kappa shape index (κ3) is 2.48. The summed E-state index contributed by atoms with van der Waals surface area (Å²) in [6.45, 7) is 14.8. The maximum absolute atomic E-state index is 5.89. The second-order valence-corrected chi connectivity index (χ2v) is 6.03. The molecule has 1 heterocycles. The van der Waals surface area contributed by atoms with E-state index in [0.29, 0.717) is 11.5 Å². The fourth-order valence-electron chi connectivity index (χ4n) is 2.48. The molecule has 1 aliphatic rings. The summed E-state index contributed by atoms with van der Waals surface area (Å²) in [6, 6.07) is 0.537. The van der Waals surface area contributed by atoms with Crippen molar-refractivity contribution in [3.8, 4) is 0 Å². The average molecular weight is 198 g/mol. The molecule has 84 valence electrons. The molecule has 2 heteroatoms. The van der Waals surface area contributed by atoms with E-state index in [9.17, 15) is 0 Å². The van der Waals surface area contributed by atoms with Gasteiger partial charge < -0.3 is 5.73 Å². The Hall–Kier alpha value is -0.0800. The van der Waals surface area contributed by atoms with Gasteiger partial charge in [-0.05, 0) is 17.3 Å². The van der Waals surface area contributed by atoms with Gasteiger partial charge in [0.2, 0.25) is 0 Å². The zero-order chi connectivity index (χ0) is 10.9. The van der Waals surface area contributed by atoms with Crippen LogP contribution in [0.5, 0.6) is 0 Å². The number of nitrogens with zero attached hydrogens (tertiary/aromatic N) is 1. The van der Waals surface area contributed by atoms with Gasteiger partial charge in [0.1, 0.15) is 0 Å². The fourth-order valence-corrected chi connectivity index (χ4v) is 2.48. The average Bonchev–Trinajstić information content (AvgIpc) is 2.30. The van der Waals surface area contributed by atoms with Crippen molar-refractivity contribution in [2.24, 2.45) is 23.0 Å². The predicted octanol–water partition coefficient (Wildman–Crippen LogP) is 1.95. The molecule has 0 radical (unpaired) electrons. The highest BCUT2D eigenvalue weighted by molar-refractivity contribution is 4.90. The van der Waals surface area contributed by atoms with Gasteiger partial charge in [0.25, 0.3) is 0 Å². The van der Waals surface area contributed by atoms with Crippen LogP contribution in [0.1, 0.15) is 34.6 Å². The molecule has 0 aliphatic carbocycles. The second-order valence-electron chi connectivity index (χ2n) is 6.03. The first-order chi connectivity index (χ1) is 6.36. The topological polar surface area (TPSA) is 29.3 Å². The van der Waals surface area contributed by atoms with Gasteiger partial charge in [0, 0.05) is 25.7 Å². The maximum Gasteiger partial charge on any atom is 0.0267 e. The lowest BCUT2D eigenvalue weighted by atomic mass is 9.86. The first-order valence-electron chi connectivity index (χ1n) is 5.80. The predicted molar refractivity (Wildman–Crippen MR) is 62.2 cm³/mol. The van der Waals surface area contributed by atoms with E-state index < -0.39 is 0 Å². The molecule has 3 atom stereocenters. The number of hydrogen-bond acceptors (Lipinski definition) is 2. The Morgan fingerprint density at radius 1 is 1.21 bits per heavy atom. The first kappa shape index (κ1) is 12.0. The minimum Gasteiger partial charge on any atom is -0.329 e. The van der Waals surface area contributed by atoms with Gasteiger partial charge in [-0.3, -0.25) is 4.90 Å². The van der Waals surface area contributed by atoms with E-state index in [4.69, 9.17) is 5.73 Å². The lowest BCUT2D eigenvalue weighted by Gasteiger charge is -2.37. The van der Waals surface area contributed by atoms with Gasteiger partial charge in [0.15, 0.2) is 0 Å². The molecule has 0 bridgehead atoms. The van der Waals surface area contributed by atoms with Crippen molar-refractivity contribution in [3.05, 3.63) is 0 Å². The van der Waals surface area contributed by atoms with Gasteiger partial charge in [-0.15, -0.1) is 0 Å². The largest absolute Gasteiger partial charge is 0.329 e. The van der Waals surface area contributed by atoms with Crippen LogP contribution in [0.25, 0.3) is 0 Å². The third-order valence-electron chi connectivity index (χ3n) is 3.68. The molecule has 1 saturated heterocycles. The summed E-state index contributed by atoms with van der Waals surface area (Å²) in [4.78, 5) is 2.58. The van der Waals surface area contributed by atoms with Gasteiger partial charge in [-0.1, -0.05) is 34.6 Å². The van der Waals surface area contributed by atoms with E-state index in [-0.39, 0.29) is 0 Å². The van der Waals surface area contributed by atoms with Crippen molar-refractivity contribution in [2.75, 3.05) is 19.6 Å².